The summed E-state index contributed by atoms with van der Waals surface area (Å²) in [5, 5.41) is 2.85. The monoisotopic (exact) mass is 219 g/mol. The molecule has 0 aromatic carbocycles. The summed E-state index contributed by atoms with van der Waals surface area (Å²) in [7, 11) is 0. The first-order valence-electron chi connectivity index (χ1n) is 5.72. The zero-order chi connectivity index (χ0) is 11.7. The maximum atomic E-state index is 11.6. The maximum absolute atomic E-state index is 11.6. The molecule has 1 aromatic rings. The number of amides is 1. The standard InChI is InChI=1S/C12H17N3O/c1-7(2)10-6-11(14-8(3)13-10)15-12(16)9-4-5-9/h6-7,9H,4-5H2,1-3H3,(H,13,14,15,16). The van der Waals surface area contributed by atoms with Crippen molar-refractivity contribution in [2.75, 3.05) is 5.32 Å². The quantitative estimate of drug-likeness (QED) is 0.848. The molecule has 0 unspecified atom stereocenters. The van der Waals surface area contributed by atoms with Crippen LogP contribution in [0.25, 0.3) is 0 Å². The Morgan fingerprint density at radius 2 is 2.12 bits per heavy atom. The average Bonchev–Trinajstić information content (AvgIpc) is 2.99. The molecule has 1 heterocycles. The van der Waals surface area contributed by atoms with Crippen molar-refractivity contribution in [1.29, 1.82) is 0 Å². The minimum atomic E-state index is 0.0906. The van der Waals surface area contributed by atoms with E-state index in [9.17, 15) is 4.79 Å². The Kier molecular flexibility index (Phi) is 2.90. The molecule has 1 aromatic heterocycles. The summed E-state index contributed by atoms with van der Waals surface area (Å²) >= 11 is 0. The first kappa shape index (κ1) is 11.0. The highest BCUT2D eigenvalue weighted by Crippen LogP contribution is 2.30. The zero-order valence-electron chi connectivity index (χ0n) is 9.95. The first-order valence-corrected chi connectivity index (χ1v) is 5.72. The van der Waals surface area contributed by atoms with Gasteiger partial charge in [0.05, 0.1) is 0 Å². The van der Waals surface area contributed by atoms with Crippen molar-refractivity contribution in [3.8, 4) is 0 Å². The number of aromatic nitrogens is 2. The van der Waals surface area contributed by atoms with Crippen molar-refractivity contribution in [2.45, 2.75) is 39.5 Å². The van der Waals surface area contributed by atoms with Gasteiger partial charge >= 0.3 is 0 Å². The highest BCUT2D eigenvalue weighted by Gasteiger charge is 2.29. The van der Waals surface area contributed by atoms with Gasteiger partial charge in [0.1, 0.15) is 11.6 Å². The first-order chi connectivity index (χ1) is 7.56. The van der Waals surface area contributed by atoms with E-state index in [1.54, 1.807) is 0 Å². The Bertz CT molecular complexity index is 411. The van der Waals surface area contributed by atoms with Gasteiger partial charge in [0.2, 0.25) is 5.91 Å². The molecular weight excluding hydrogens is 202 g/mol. The van der Waals surface area contributed by atoms with Crippen LogP contribution >= 0.6 is 0 Å². The van der Waals surface area contributed by atoms with E-state index in [1.165, 1.54) is 0 Å². The van der Waals surface area contributed by atoms with E-state index < -0.39 is 0 Å². The van der Waals surface area contributed by atoms with Crippen LogP contribution in [0.3, 0.4) is 0 Å². The fraction of sp³-hybridized carbons (Fsp3) is 0.583. The molecule has 1 N–H and O–H groups in total. The fourth-order valence-corrected chi connectivity index (χ4v) is 1.52. The highest BCUT2D eigenvalue weighted by atomic mass is 16.2. The molecule has 16 heavy (non-hydrogen) atoms. The number of hydrogen-bond donors (Lipinski definition) is 1. The Labute approximate surface area is 95.5 Å². The molecule has 0 radical (unpaired) electrons. The smallest absolute Gasteiger partial charge is 0.228 e. The van der Waals surface area contributed by atoms with E-state index in [4.69, 9.17) is 0 Å². The number of carbonyl (C=O) groups excluding carboxylic acids is 1. The lowest BCUT2D eigenvalue weighted by Crippen LogP contribution is -2.15. The van der Waals surface area contributed by atoms with Crippen molar-refractivity contribution in [3.05, 3.63) is 17.6 Å². The molecule has 1 saturated carbocycles. The predicted octanol–water partition coefficient (Wildman–Crippen LogP) is 2.26. The zero-order valence-corrected chi connectivity index (χ0v) is 9.95. The van der Waals surface area contributed by atoms with Gasteiger partial charge in [0.15, 0.2) is 0 Å². The second-order valence-corrected chi connectivity index (χ2v) is 4.64. The highest BCUT2D eigenvalue weighted by molar-refractivity contribution is 5.93. The van der Waals surface area contributed by atoms with Gasteiger partial charge in [-0.15, -0.1) is 0 Å². The fourth-order valence-electron chi connectivity index (χ4n) is 1.52. The van der Waals surface area contributed by atoms with E-state index in [-0.39, 0.29) is 11.8 Å². The number of anilines is 1. The number of rotatable bonds is 3. The van der Waals surface area contributed by atoms with Crippen LogP contribution in [0.15, 0.2) is 6.07 Å². The number of carbonyl (C=O) groups is 1. The second kappa shape index (κ2) is 4.20. The van der Waals surface area contributed by atoms with Crippen molar-refractivity contribution in [2.24, 2.45) is 5.92 Å². The lowest BCUT2D eigenvalue weighted by molar-refractivity contribution is -0.117. The molecule has 1 aliphatic carbocycles. The summed E-state index contributed by atoms with van der Waals surface area (Å²) in [5.74, 6) is 1.98. The Balaban J connectivity index is 2.16. The third kappa shape index (κ3) is 2.56. The van der Waals surface area contributed by atoms with Gasteiger partial charge in [0, 0.05) is 17.7 Å². The molecule has 4 nitrogen and oxygen atoms in total. The van der Waals surface area contributed by atoms with Gasteiger partial charge < -0.3 is 5.32 Å². The number of aryl methyl sites for hydroxylation is 1. The van der Waals surface area contributed by atoms with Crippen LogP contribution in [0.4, 0.5) is 5.82 Å². The molecule has 1 aliphatic rings. The lowest BCUT2D eigenvalue weighted by Gasteiger charge is -2.09. The van der Waals surface area contributed by atoms with Crippen molar-refractivity contribution < 1.29 is 4.79 Å². The van der Waals surface area contributed by atoms with Gasteiger partial charge in [-0.1, -0.05) is 13.8 Å². The van der Waals surface area contributed by atoms with E-state index >= 15 is 0 Å². The molecule has 0 aliphatic heterocycles. The topological polar surface area (TPSA) is 54.9 Å². The van der Waals surface area contributed by atoms with Crippen LogP contribution < -0.4 is 5.32 Å². The molecule has 1 fully saturated rings. The van der Waals surface area contributed by atoms with Gasteiger partial charge in [-0.05, 0) is 25.7 Å². The Hall–Kier alpha value is -1.45. The van der Waals surface area contributed by atoms with E-state index in [1.807, 2.05) is 13.0 Å². The normalized spacial score (nSPS) is 15.2. The molecule has 4 heteroatoms. The molecular formula is C12H17N3O. The van der Waals surface area contributed by atoms with Crippen LogP contribution in [0.5, 0.6) is 0 Å². The van der Waals surface area contributed by atoms with Crippen molar-refractivity contribution in [3.63, 3.8) is 0 Å². The van der Waals surface area contributed by atoms with Crippen LogP contribution in [0.2, 0.25) is 0 Å². The second-order valence-electron chi connectivity index (χ2n) is 4.64. The third-order valence-electron chi connectivity index (χ3n) is 2.65. The number of nitrogens with one attached hydrogen (secondary N) is 1. The third-order valence-corrected chi connectivity index (χ3v) is 2.65. The summed E-state index contributed by atoms with van der Waals surface area (Å²) in [5.41, 5.74) is 0.971. The predicted molar refractivity (Wildman–Crippen MR) is 62.2 cm³/mol. The summed E-state index contributed by atoms with van der Waals surface area (Å²) in [4.78, 5) is 20.2. The minimum absolute atomic E-state index is 0.0906. The van der Waals surface area contributed by atoms with Crippen molar-refractivity contribution >= 4 is 11.7 Å². The Morgan fingerprint density at radius 3 is 2.69 bits per heavy atom. The van der Waals surface area contributed by atoms with Crippen LogP contribution in [0, 0.1) is 12.8 Å². The lowest BCUT2D eigenvalue weighted by atomic mass is 10.1. The molecule has 1 amide bonds. The number of nitrogens with zero attached hydrogens (tertiary/aromatic N) is 2. The van der Waals surface area contributed by atoms with E-state index in [0.717, 1.165) is 18.5 Å². The van der Waals surface area contributed by atoms with Crippen molar-refractivity contribution in [1.82, 2.24) is 9.97 Å². The minimum Gasteiger partial charge on any atom is -0.310 e. The maximum Gasteiger partial charge on any atom is 0.228 e. The SMILES string of the molecule is Cc1nc(NC(=O)C2CC2)cc(C(C)C)n1. The van der Waals surface area contributed by atoms with E-state index in [2.05, 4.69) is 29.1 Å². The molecule has 2 rings (SSSR count). The largest absolute Gasteiger partial charge is 0.310 e. The van der Waals surface area contributed by atoms with Gasteiger partial charge in [-0.25, -0.2) is 9.97 Å². The molecule has 0 spiro atoms. The molecule has 86 valence electrons. The van der Waals surface area contributed by atoms with E-state index in [0.29, 0.717) is 17.6 Å². The van der Waals surface area contributed by atoms with Crippen LogP contribution in [0.1, 0.15) is 44.1 Å². The van der Waals surface area contributed by atoms with Gasteiger partial charge in [0.25, 0.3) is 0 Å². The summed E-state index contributed by atoms with van der Waals surface area (Å²) in [6, 6.07) is 1.86. The summed E-state index contributed by atoms with van der Waals surface area (Å²) in [6.45, 7) is 6.00. The molecule has 0 atom stereocenters. The van der Waals surface area contributed by atoms with Gasteiger partial charge in [-0.3, -0.25) is 4.79 Å². The van der Waals surface area contributed by atoms with Gasteiger partial charge in [-0.2, -0.15) is 0 Å². The summed E-state index contributed by atoms with van der Waals surface area (Å²) < 4.78 is 0. The Morgan fingerprint density at radius 1 is 1.44 bits per heavy atom. The molecule has 0 saturated heterocycles. The van der Waals surface area contributed by atoms with Crippen LogP contribution in [-0.2, 0) is 4.79 Å². The van der Waals surface area contributed by atoms with Crippen LogP contribution in [-0.4, -0.2) is 15.9 Å². The average molecular weight is 219 g/mol. The molecule has 0 bridgehead atoms. The summed E-state index contributed by atoms with van der Waals surface area (Å²) in [6.07, 6.45) is 2.01. The number of hydrogen-bond acceptors (Lipinski definition) is 3.